The molecule has 0 bridgehead atoms. The van der Waals surface area contributed by atoms with Crippen LogP contribution in [0.4, 0.5) is 0 Å². The van der Waals surface area contributed by atoms with Crippen LogP contribution in [-0.2, 0) is 6.54 Å². The SMILES string of the molecule is [CH2-][NH+](C)Cc1cccc(OC)c1. The fourth-order valence-corrected chi connectivity index (χ4v) is 1.13. The van der Waals surface area contributed by atoms with Crippen molar-refractivity contribution in [1.82, 2.24) is 0 Å². The summed E-state index contributed by atoms with van der Waals surface area (Å²) in [6.45, 7) is 0.928. The highest BCUT2D eigenvalue weighted by Crippen LogP contribution is 2.11. The van der Waals surface area contributed by atoms with Crippen LogP contribution in [0.5, 0.6) is 5.75 Å². The summed E-state index contributed by atoms with van der Waals surface area (Å²) in [5.74, 6) is 0.911. The van der Waals surface area contributed by atoms with E-state index in [0.717, 1.165) is 12.3 Å². The summed E-state index contributed by atoms with van der Waals surface area (Å²) < 4.78 is 5.11. The Bertz CT molecular complexity index is 245. The second-order valence-electron chi connectivity index (χ2n) is 2.99. The van der Waals surface area contributed by atoms with Gasteiger partial charge in [0.05, 0.1) is 13.7 Å². The lowest BCUT2D eigenvalue weighted by atomic mass is 10.2. The predicted molar refractivity (Wildman–Crippen MR) is 48.9 cm³/mol. The van der Waals surface area contributed by atoms with E-state index in [4.69, 9.17) is 4.74 Å². The first-order chi connectivity index (χ1) is 5.72. The van der Waals surface area contributed by atoms with Crippen LogP contribution in [0.3, 0.4) is 0 Å². The molecule has 0 saturated carbocycles. The Morgan fingerprint density at radius 2 is 2.25 bits per heavy atom. The topological polar surface area (TPSA) is 13.7 Å². The first-order valence-corrected chi connectivity index (χ1v) is 3.99. The monoisotopic (exact) mass is 165 g/mol. The Morgan fingerprint density at radius 3 is 2.83 bits per heavy atom. The van der Waals surface area contributed by atoms with Gasteiger partial charge in [-0.15, -0.1) is 0 Å². The van der Waals surface area contributed by atoms with E-state index >= 15 is 0 Å². The highest BCUT2D eigenvalue weighted by atomic mass is 16.5. The lowest BCUT2D eigenvalue weighted by Gasteiger charge is -2.14. The molecule has 0 aliphatic carbocycles. The Kier molecular flexibility index (Phi) is 3.11. The minimum absolute atomic E-state index is 0.911. The number of rotatable bonds is 3. The minimum atomic E-state index is 0.911. The standard InChI is InChI=1S/C10H15NO/c1-11(2)8-9-5-4-6-10(7-9)12-3/h4-7,11H,1,8H2,2-3H3. The Morgan fingerprint density at radius 1 is 1.50 bits per heavy atom. The van der Waals surface area contributed by atoms with E-state index in [1.165, 1.54) is 10.5 Å². The number of benzene rings is 1. The van der Waals surface area contributed by atoms with E-state index < -0.39 is 0 Å². The Labute approximate surface area is 73.8 Å². The molecule has 0 fully saturated rings. The van der Waals surface area contributed by atoms with Crippen LogP contribution in [0, 0.1) is 7.05 Å². The van der Waals surface area contributed by atoms with Crippen molar-refractivity contribution in [2.45, 2.75) is 6.54 Å². The normalized spacial score (nSPS) is 12.6. The van der Waals surface area contributed by atoms with E-state index in [9.17, 15) is 0 Å². The van der Waals surface area contributed by atoms with E-state index in [0.29, 0.717) is 0 Å². The molecule has 2 heteroatoms. The number of hydrogen-bond donors (Lipinski definition) is 1. The molecule has 0 aliphatic rings. The van der Waals surface area contributed by atoms with Crippen molar-refractivity contribution in [1.29, 1.82) is 0 Å². The molecule has 66 valence electrons. The van der Waals surface area contributed by atoms with Gasteiger partial charge >= 0.3 is 0 Å². The van der Waals surface area contributed by atoms with Gasteiger partial charge in [0.1, 0.15) is 5.75 Å². The lowest BCUT2D eigenvalue weighted by molar-refractivity contribution is -0.846. The van der Waals surface area contributed by atoms with Crippen molar-refractivity contribution in [2.24, 2.45) is 0 Å². The van der Waals surface area contributed by atoms with Gasteiger partial charge in [0.25, 0.3) is 0 Å². The maximum atomic E-state index is 5.11. The van der Waals surface area contributed by atoms with E-state index in [1.54, 1.807) is 7.11 Å². The zero-order valence-corrected chi connectivity index (χ0v) is 7.63. The van der Waals surface area contributed by atoms with Crippen molar-refractivity contribution >= 4 is 0 Å². The van der Waals surface area contributed by atoms with Gasteiger partial charge in [0.2, 0.25) is 0 Å². The van der Waals surface area contributed by atoms with Gasteiger partial charge in [-0.05, 0) is 12.1 Å². The predicted octanol–water partition coefficient (Wildman–Crippen LogP) is 0.501. The third-order valence-corrected chi connectivity index (χ3v) is 1.64. The first kappa shape index (κ1) is 9.07. The fourth-order valence-electron chi connectivity index (χ4n) is 1.13. The Balaban J connectivity index is 2.72. The van der Waals surface area contributed by atoms with Crippen molar-refractivity contribution in [3.8, 4) is 5.75 Å². The number of nitrogens with one attached hydrogen (secondary N) is 1. The maximum Gasteiger partial charge on any atom is 0.119 e. The second kappa shape index (κ2) is 4.12. The van der Waals surface area contributed by atoms with E-state index in [1.807, 2.05) is 25.2 Å². The molecule has 0 aromatic heterocycles. The molecule has 1 aromatic carbocycles. The molecule has 0 radical (unpaired) electrons. The number of methoxy groups -OCH3 is 1. The van der Waals surface area contributed by atoms with Crippen molar-refractivity contribution in [2.75, 3.05) is 14.2 Å². The summed E-state index contributed by atoms with van der Waals surface area (Å²) in [6, 6.07) is 8.06. The van der Waals surface area contributed by atoms with Crippen LogP contribution in [0.15, 0.2) is 24.3 Å². The van der Waals surface area contributed by atoms with Gasteiger partial charge in [-0.3, -0.25) is 0 Å². The number of quaternary nitrogens is 1. The van der Waals surface area contributed by atoms with Crippen LogP contribution in [0.2, 0.25) is 0 Å². The van der Waals surface area contributed by atoms with Gasteiger partial charge in [-0.1, -0.05) is 12.1 Å². The van der Waals surface area contributed by atoms with Crippen LogP contribution < -0.4 is 9.64 Å². The molecule has 0 amide bonds. The second-order valence-corrected chi connectivity index (χ2v) is 2.99. The summed E-state index contributed by atoms with van der Waals surface area (Å²) in [5, 5.41) is 0. The molecule has 1 rings (SSSR count). The smallest absolute Gasteiger partial charge is 0.119 e. The number of hydrogen-bond acceptors (Lipinski definition) is 1. The van der Waals surface area contributed by atoms with E-state index in [-0.39, 0.29) is 0 Å². The molecule has 0 spiro atoms. The van der Waals surface area contributed by atoms with Gasteiger partial charge in [-0.25, -0.2) is 0 Å². The van der Waals surface area contributed by atoms with Gasteiger partial charge in [0, 0.05) is 12.6 Å². The summed E-state index contributed by atoms with van der Waals surface area (Å²) in [6.07, 6.45) is 0. The number of ether oxygens (including phenoxy) is 1. The van der Waals surface area contributed by atoms with Gasteiger partial charge in [-0.2, -0.15) is 7.05 Å². The molecular formula is C10H15NO. The van der Waals surface area contributed by atoms with Crippen molar-refractivity contribution in [3.05, 3.63) is 36.9 Å². The molecule has 0 aliphatic heterocycles. The van der Waals surface area contributed by atoms with Crippen molar-refractivity contribution < 1.29 is 9.64 Å². The average Bonchev–Trinajstić information content (AvgIpc) is 2.03. The molecule has 12 heavy (non-hydrogen) atoms. The largest absolute Gasteiger partial charge is 0.497 e. The molecule has 1 atom stereocenters. The van der Waals surface area contributed by atoms with Crippen LogP contribution in [0.1, 0.15) is 5.56 Å². The fraction of sp³-hybridized carbons (Fsp3) is 0.300. The zero-order chi connectivity index (χ0) is 8.97. The molecule has 1 aromatic rings. The average molecular weight is 165 g/mol. The van der Waals surface area contributed by atoms with Gasteiger partial charge < -0.3 is 9.64 Å². The quantitative estimate of drug-likeness (QED) is 0.644. The summed E-state index contributed by atoms with van der Waals surface area (Å²) in [4.78, 5) is 1.17. The summed E-state index contributed by atoms with van der Waals surface area (Å²) in [5.41, 5.74) is 1.25. The molecule has 1 unspecified atom stereocenters. The van der Waals surface area contributed by atoms with Crippen LogP contribution >= 0.6 is 0 Å². The summed E-state index contributed by atoms with van der Waals surface area (Å²) in [7, 11) is 7.57. The minimum Gasteiger partial charge on any atom is -0.497 e. The molecule has 1 N–H and O–H groups in total. The van der Waals surface area contributed by atoms with E-state index in [2.05, 4.69) is 13.1 Å². The van der Waals surface area contributed by atoms with Gasteiger partial charge in [0.15, 0.2) is 0 Å². The Hall–Kier alpha value is -1.02. The third-order valence-electron chi connectivity index (χ3n) is 1.64. The summed E-state index contributed by atoms with van der Waals surface area (Å²) >= 11 is 0. The van der Waals surface area contributed by atoms with Crippen LogP contribution in [-0.4, -0.2) is 14.2 Å². The van der Waals surface area contributed by atoms with Crippen LogP contribution in [0.25, 0.3) is 0 Å². The molecular weight excluding hydrogens is 150 g/mol. The molecule has 0 saturated heterocycles. The lowest BCUT2D eigenvalue weighted by Crippen LogP contribution is -3.01. The van der Waals surface area contributed by atoms with Crippen molar-refractivity contribution in [3.63, 3.8) is 0 Å². The molecule has 0 heterocycles. The first-order valence-electron chi connectivity index (χ1n) is 3.99. The highest BCUT2D eigenvalue weighted by molar-refractivity contribution is 5.27. The third kappa shape index (κ3) is 2.55. The maximum absolute atomic E-state index is 5.11. The molecule has 2 nitrogen and oxygen atoms in total. The highest BCUT2D eigenvalue weighted by Gasteiger charge is 1.96. The zero-order valence-electron chi connectivity index (χ0n) is 7.63.